The van der Waals surface area contributed by atoms with E-state index < -0.39 is 0 Å². The molecular formula is C21H34ClN3O2. The van der Waals surface area contributed by atoms with Gasteiger partial charge in [0, 0.05) is 19.1 Å². The first-order valence-corrected chi connectivity index (χ1v) is 10.9. The quantitative estimate of drug-likeness (QED) is 0.750. The van der Waals surface area contributed by atoms with E-state index in [-0.39, 0.29) is 35.8 Å². The van der Waals surface area contributed by atoms with E-state index in [0.29, 0.717) is 18.4 Å². The second-order valence-electron chi connectivity index (χ2n) is 10.1. The van der Waals surface area contributed by atoms with Gasteiger partial charge in [-0.15, -0.1) is 12.4 Å². The number of likely N-dealkylation sites (tertiary alicyclic amines) is 1. The Bertz CT molecular complexity index is 571. The molecule has 6 fully saturated rings. The molecule has 0 aromatic heterocycles. The third kappa shape index (κ3) is 3.50. The fraction of sp³-hybridized carbons (Fsp3) is 0.905. The van der Waals surface area contributed by atoms with Crippen LogP contribution < -0.4 is 11.1 Å². The van der Waals surface area contributed by atoms with Crippen LogP contribution in [0.25, 0.3) is 0 Å². The number of nitrogens with two attached hydrogens (primary N) is 1. The van der Waals surface area contributed by atoms with Crippen molar-refractivity contribution in [2.45, 2.75) is 76.3 Å². The summed E-state index contributed by atoms with van der Waals surface area (Å²) in [6, 6.07) is -0.186. The summed E-state index contributed by atoms with van der Waals surface area (Å²) in [4.78, 5) is 28.3. The van der Waals surface area contributed by atoms with Gasteiger partial charge in [-0.3, -0.25) is 9.59 Å². The van der Waals surface area contributed by atoms with Crippen molar-refractivity contribution >= 4 is 24.2 Å². The maximum Gasteiger partial charge on any atom is 0.242 e. The van der Waals surface area contributed by atoms with Crippen LogP contribution in [0.4, 0.5) is 0 Å². The largest absolute Gasteiger partial charge is 0.353 e. The molecule has 1 heterocycles. The lowest BCUT2D eigenvalue weighted by molar-refractivity contribution is -0.160. The van der Waals surface area contributed by atoms with Gasteiger partial charge in [0.1, 0.15) is 6.04 Å². The molecule has 152 valence electrons. The minimum atomic E-state index is -0.262. The Morgan fingerprint density at radius 1 is 1.04 bits per heavy atom. The zero-order chi connectivity index (χ0) is 17.9. The zero-order valence-corrected chi connectivity index (χ0v) is 17.0. The van der Waals surface area contributed by atoms with Crippen LogP contribution in [0.2, 0.25) is 0 Å². The van der Waals surface area contributed by atoms with Gasteiger partial charge in [0.25, 0.3) is 0 Å². The Labute approximate surface area is 168 Å². The molecule has 2 amide bonds. The number of nitrogens with one attached hydrogen (secondary N) is 1. The second kappa shape index (κ2) is 7.22. The molecule has 5 nitrogen and oxygen atoms in total. The van der Waals surface area contributed by atoms with E-state index in [2.05, 4.69) is 5.32 Å². The van der Waals surface area contributed by atoms with Gasteiger partial charge in [-0.25, -0.2) is 0 Å². The third-order valence-corrected chi connectivity index (χ3v) is 8.05. The molecule has 27 heavy (non-hydrogen) atoms. The first-order chi connectivity index (χ1) is 12.5. The minimum absolute atomic E-state index is 0. The zero-order valence-electron chi connectivity index (χ0n) is 16.2. The number of nitrogens with zero attached hydrogens (tertiary/aromatic N) is 1. The predicted molar refractivity (Wildman–Crippen MR) is 106 cm³/mol. The summed E-state index contributed by atoms with van der Waals surface area (Å²) in [5.41, 5.74) is 5.99. The highest BCUT2D eigenvalue weighted by atomic mass is 35.5. The molecule has 5 saturated carbocycles. The van der Waals surface area contributed by atoms with Gasteiger partial charge in [0.05, 0.1) is 5.41 Å². The van der Waals surface area contributed by atoms with Crippen molar-refractivity contribution in [3.8, 4) is 0 Å². The fourth-order valence-electron chi connectivity index (χ4n) is 6.99. The highest BCUT2D eigenvalue weighted by Crippen LogP contribution is 2.60. The Kier molecular flexibility index (Phi) is 5.21. The van der Waals surface area contributed by atoms with Crippen LogP contribution in [-0.4, -0.2) is 41.9 Å². The second-order valence-corrected chi connectivity index (χ2v) is 10.1. The molecule has 0 spiro atoms. The molecule has 4 bridgehead atoms. The molecule has 1 aliphatic heterocycles. The van der Waals surface area contributed by atoms with Gasteiger partial charge in [-0.1, -0.05) is 0 Å². The van der Waals surface area contributed by atoms with Gasteiger partial charge in [0.2, 0.25) is 11.8 Å². The summed E-state index contributed by atoms with van der Waals surface area (Å²) in [5.74, 6) is 3.20. The van der Waals surface area contributed by atoms with E-state index in [9.17, 15) is 9.59 Å². The summed E-state index contributed by atoms with van der Waals surface area (Å²) in [5, 5.41) is 3.05. The topological polar surface area (TPSA) is 75.4 Å². The summed E-state index contributed by atoms with van der Waals surface area (Å²) in [6.45, 7) is 1.31. The van der Waals surface area contributed by atoms with Crippen LogP contribution in [0, 0.1) is 29.1 Å². The average molecular weight is 396 g/mol. The third-order valence-electron chi connectivity index (χ3n) is 8.05. The highest BCUT2D eigenvalue weighted by molar-refractivity contribution is 5.91. The van der Waals surface area contributed by atoms with Crippen molar-refractivity contribution < 1.29 is 9.59 Å². The Balaban J connectivity index is 0.00000180. The van der Waals surface area contributed by atoms with Crippen LogP contribution in [0.3, 0.4) is 0 Å². The number of hydrogen-bond acceptors (Lipinski definition) is 3. The van der Waals surface area contributed by atoms with Crippen molar-refractivity contribution in [1.29, 1.82) is 0 Å². The van der Waals surface area contributed by atoms with Crippen molar-refractivity contribution in [3.63, 3.8) is 0 Å². The normalized spacial score (nSPS) is 40.6. The van der Waals surface area contributed by atoms with Gasteiger partial charge in [-0.05, 0) is 87.9 Å². The van der Waals surface area contributed by atoms with Crippen molar-refractivity contribution in [1.82, 2.24) is 10.2 Å². The summed E-state index contributed by atoms with van der Waals surface area (Å²) >= 11 is 0. The molecule has 3 N–H and O–H groups in total. The lowest BCUT2D eigenvalue weighted by Gasteiger charge is -2.56. The van der Waals surface area contributed by atoms with Crippen LogP contribution in [0.15, 0.2) is 0 Å². The summed E-state index contributed by atoms with van der Waals surface area (Å²) in [6.07, 6.45) is 11.4. The fourth-order valence-corrected chi connectivity index (χ4v) is 6.99. The molecule has 2 atom stereocenters. The first-order valence-electron chi connectivity index (χ1n) is 10.9. The van der Waals surface area contributed by atoms with Gasteiger partial charge < -0.3 is 16.0 Å². The standard InChI is InChI=1S/C21H33N3O2.ClH/c22-17(16-3-4-16)12-23-19(25)18-2-1-5-24(18)20(26)21-9-13-6-14(10-21)8-15(7-13)11-21;/h13-18H,1-12,22H2,(H,23,25);1H. The predicted octanol–water partition coefficient (Wildman–Crippen LogP) is 2.47. The Morgan fingerprint density at radius 2 is 1.63 bits per heavy atom. The molecule has 0 aromatic carbocycles. The molecule has 0 aromatic rings. The molecule has 0 radical (unpaired) electrons. The monoisotopic (exact) mass is 395 g/mol. The van der Waals surface area contributed by atoms with Gasteiger partial charge in [-0.2, -0.15) is 0 Å². The number of carbonyl (C=O) groups excluding carboxylic acids is 2. The Hall–Kier alpha value is -0.810. The highest BCUT2D eigenvalue weighted by Gasteiger charge is 2.56. The maximum absolute atomic E-state index is 13.6. The Morgan fingerprint density at radius 3 is 2.19 bits per heavy atom. The molecule has 6 aliphatic rings. The average Bonchev–Trinajstić information content (AvgIpc) is 3.34. The van der Waals surface area contributed by atoms with Crippen molar-refractivity contribution in [3.05, 3.63) is 0 Å². The van der Waals surface area contributed by atoms with E-state index in [1.807, 2.05) is 4.90 Å². The molecule has 5 aliphatic carbocycles. The summed E-state index contributed by atoms with van der Waals surface area (Å²) < 4.78 is 0. The molecule has 6 rings (SSSR count). The lowest BCUT2D eigenvalue weighted by Crippen LogP contribution is -2.57. The van der Waals surface area contributed by atoms with E-state index in [0.717, 1.165) is 56.4 Å². The van der Waals surface area contributed by atoms with E-state index in [1.54, 1.807) is 0 Å². The molecule has 6 heteroatoms. The molecular weight excluding hydrogens is 362 g/mol. The number of amides is 2. The van der Waals surface area contributed by atoms with Gasteiger partial charge >= 0.3 is 0 Å². The van der Waals surface area contributed by atoms with Crippen LogP contribution >= 0.6 is 12.4 Å². The van der Waals surface area contributed by atoms with E-state index in [1.165, 1.54) is 32.1 Å². The maximum atomic E-state index is 13.6. The molecule has 2 unspecified atom stereocenters. The van der Waals surface area contributed by atoms with Crippen LogP contribution in [0.1, 0.15) is 64.2 Å². The van der Waals surface area contributed by atoms with Crippen LogP contribution in [-0.2, 0) is 9.59 Å². The lowest BCUT2D eigenvalue weighted by atomic mass is 9.49. The number of halogens is 1. The number of carbonyl (C=O) groups is 2. The first kappa shape index (κ1) is 19.5. The van der Waals surface area contributed by atoms with Gasteiger partial charge in [0.15, 0.2) is 0 Å². The van der Waals surface area contributed by atoms with Crippen LogP contribution in [0.5, 0.6) is 0 Å². The van der Waals surface area contributed by atoms with E-state index >= 15 is 0 Å². The number of rotatable bonds is 5. The SMILES string of the molecule is Cl.NC(CNC(=O)C1CCCN1C(=O)C12CC3CC(CC(C3)C1)C2)C1CC1. The van der Waals surface area contributed by atoms with Crippen molar-refractivity contribution in [2.24, 2.45) is 34.8 Å². The molecule has 1 saturated heterocycles. The smallest absolute Gasteiger partial charge is 0.242 e. The van der Waals surface area contributed by atoms with Crippen molar-refractivity contribution in [2.75, 3.05) is 13.1 Å². The van der Waals surface area contributed by atoms with E-state index in [4.69, 9.17) is 5.73 Å². The summed E-state index contributed by atoms with van der Waals surface area (Å²) in [7, 11) is 0. The minimum Gasteiger partial charge on any atom is -0.353 e. The number of hydrogen-bond donors (Lipinski definition) is 2.